The first-order valence-corrected chi connectivity index (χ1v) is 5.05. The maximum Gasteiger partial charge on any atom is 0.130 e. The van der Waals surface area contributed by atoms with Crippen molar-refractivity contribution >= 4 is 0 Å². The third-order valence-electron chi connectivity index (χ3n) is 2.20. The lowest BCUT2D eigenvalue weighted by atomic mass is 10.2. The summed E-state index contributed by atoms with van der Waals surface area (Å²) in [5.74, 6) is 0. The van der Waals surface area contributed by atoms with Crippen LogP contribution in [0.4, 0.5) is 0 Å². The highest BCUT2D eigenvalue weighted by Gasteiger charge is 2.26. The Labute approximate surface area is 81.2 Å². The Morgan fingerprint density at radius 1 is 1.15 bits per heavy atom. The van der Waals surface area contributed by atoms with Crippen molar-refractivity contribution in [2.75, 3.05) is 40.9 Å². The Morgan fingerprint density at radius 2 is 1.77 bits per heavy atom. The highest BCUT2D eigenvalue weighted by atomic mass is 16.6. The summed E-state index contributed by atoms with van der Waals surface area (Å²) >= 11 is 0. The van der Waals surface area contributed by atoms with Crippen molar-refractivity contribution in [3.05, 3.63) is 0 Å². The third kappa shape index (κ3) is 4.07. The molecule has 78 valence electrons. The highest BCUT2D eigenvalue weighted by Crippen LogP contribution is 2.12. The fraction of sp³-hybridized carbons (Fsp3) is 1.00. The SMILES string of the molecule is CC[C@@H]1COC[C@@H](C[N+](C)(C)C)O1. The summed E-state index contributed by atoms with van der Waals surface area (Å²) in [7, 11) is 6.54. The van der Waals surface area contributed by atoms with E-state index in [0.29, 0.717) is 6.10 Å². The minimum absolute atomic E-state index is 0.277. The maximum atomic E-state index is 5.87. The molecule has 0 radical (unpaired) electrons. The van der Waals surface area contributed by atoms with Crippen LogP contribution >= 0.6 is 0 Å². The van der Waals surface area contributed by atoms with Crippen LogP contribution in [0.5, 0.6) is 0 Å². The van der Waals surface area contributed by atoms with E-state index in [1.165, 1.54) is 0 Å². The maximum absolute atomic E-state index is 5.87. The van der Waals surface area contributed by atoms with Gasteiger partial charge in [-0.3, -0.25) is 0 Å². The van der Waals surface area contributed by atoms with E-state index in [2.05, 4.69) is 28.1 Å². The molecule has 1 rings (SSSR count). The summed E-state index contributed by atoms with van der Waals surface area (Å²) in [6.45, 7) is 4.69. The molecule has 0 amide bonds. The second kappa shape index (κ2) is 4.40. The normalized spacial score (nSPS) is 30.5. The quantitative estimate of drug-likeness (QED) is 0.612. The molecule has 3 nitrogen and oxygen atoms in total. The predicted octanol–water partition coefficient (Wildman–Crippen LogP) is 0.887. The smallest absolute Gasteiger partial charge is 0.130 e. The van der Waals surface area contributed by atoms with Crippen molar-refractivity contribution in [1.82, 2.24) is 0 Å². The lowest BCUT2D eigenvalue weighted by molar-refractivity contribution is -0.874. The molecule has 1 saturated heterocycles. The van der Waals surface area contributed by atoms with Gasteiger partial charge >= 0.3 is 0 Å². The highest BCUT2D eigenvalue weighted by molar-refractivity contribution is 4.66. The van der Waals surface area contributed by atoms with Crippen LogP contribution in [0.15, 0.2) is 0 Å². The topological polar surface area (TPSA) is 18.5 Å². The average Bonchev–Trinajstić information content (AvgIpc) is 2.01. The molecular weight excluding hydrogens is 166 g/mol. The number of ether oxygens (including phenoxy) is 2. The number of quaternary nitrogens is 1. The zero-order valence-corrected chi connectivity index (χ0v) is 9.25. The van der Waals surface area contributed by atoms with Gasteiger partial charge in [0.15, 0.2) is 0 Å². The van der Waals surface area contributed by atoms with Crippen molar-refractivity contribution in [3.8, 4) is 0 Å². The van der Waals surface area contributed by atoms with Gasteiger partial charge < -0.3 is 14.0 Å². The van der Waals surface area contributed by atoms with Crippen molar-refractivity contribution < 1.29 is 14.0 Å². The molecule has 0 unspecified atom stereocenters. The number of nitrogens with zero attached hydrogens (tertiary/aromatic N) is 1. The van der Waals surface area contributed by atoms with Gasteiger partial charge in [0.25, 0.3) is 0 Å². The fourth-order valence-corrected chi connectivity index (χ4v) is 1.60. The van der Waals surface area contributed by atoms with Crippen LogP contribution in [0.1, 0.15) is 13.3 Å². The monoisotopic (exact) mass is 188 g/mol. The molecule has 0 N–H and O–H groups in total. The molecule has 0 aromatic heterocycles. The van der Waals surface area contributed by atoms with Crippen LogP contribution in [0.3, 0.4) is 0 Å². The lowest BCUT2D eigenvalue weighted by Crippen LogP contribution is -2.48. The summed E-state index contributed by atoms with van der Waals surface area (Å²) in [5.41, 5.74) is 0. The van der Waals surface area contributed by atoms with Gasteiger partial charge in [0.2, 0.25) is 0 Å². The lowest BCUT2D eigenvalue weighted by Gasteiger charge is -2.34. The van der Waals surface area contributed by atoms with Crippen LogP contribution in [-0.2, 0) is 9.47 Å². The summed E-state index contributed by atoms with van der Waals surface area (Å²) < 4.78 is 12.3. The fourth-order valence-electron chi connectivity index (χ4n) is 1.60. The van der Waals surface area contributed by atoms with E-state index in [1.807, 2.05) is 0 Å². The molecule has 0 aliphatic carbocycles. The van der Waals surface area contributed by atoms with Crippen LogP contribution in [0, 0.1) is 0 Å². The van der Waals surface area contributed by atoms with E-state index >= 15 is 0 Å². The predicted molar refractivity (Wildman–Crippen MR) is 52.7 cm³/mol. The van der Waals surface area contributed by atoms with E-state index in [-0.39, 0.29) is 6.10 Å². The van der Waals surface area contributed by atoms with Gasteiger partial charge in [0, 0.05) is 0 Å². The van der Waals surface area contributed by atoms with Gasteiger partial charge in [0.1, 0.15) is 12.6 Å². The first-order chi connectivity index (χ1) is 6.01. The molecule has 0 aromatic rings. The van der Waals surface area contributed by atoms with E-state index in [1.54, 1.807) is 0 Å². The molecule has 2 atom stereocenters. The Bertz CT molecular complexity index is 153. The molecule has 0 saturated carbocycles. The Morgan fingerprint density at radius 3 is 2.31 bits per heavy atom. The molecule has 3 heteroatoms. The van der Waals surface area contributed by atoms with Crippen LogP contribution < -0.4 is 0 Å². The van der Waals surface area contributed by atoms with E-state index in [4.69, 9.17) is 9.47 Å². The number of hydrogen-bond donors (Lipinski definition) is 0. The molecule has 1 heterocycles. The van der Waals surface area contributed by atoms with Crippen molar-refractivity contribution in [3.63, 3.8) is 0 Å². The minimum atomic E-state index is 0.277. The minimum Gasteiger partial charge on any atom is -0.376 e. The van der Waals surface area contributed by atoms with Crippen molar-refractivity contribution in [2.24, 2.45) is 0 Å². The molecule has 1 aliphatic rings. The molecule has 0 aromatic carbocycles. The Balaban J connectivity index is 2.34. The molecule has 1 fully saturated rings. The average molecular weight is 188 g/mol. The third-order valence-corrected chi connectivity index (χ3v) is 2.20. The zero-order chi connectivity index (χ0) is 9.90. The first-order valence-electron chi connectivity index (χ1n) is 5.05. The van der Waals surface area contributed by atoms with Gasteiger partial charge in [-0.2, -0.15) is 0 Å². The van der Waals surface area contributed by atoms with Gasteiger partial charge in [-0.15, -0.1) is 0 Å². The standard InChI is InChI=1S/C10H22NO2/c1-5-9-7-12-8-10(13-9)6-11(2,3)4/h9-10H,5-8H2,1-4H3/q+1/t9-,10-/m1/s1. The van der Waals surface area contributed by atoms with Crippen LogP contribution in [-0.4, -0.2) is 57.6 Å². The van der Waals surface area contributed by atoms with E-state index < -0.39 is 0 Å². The second-order valence-corrected chi connectivity index (χ2v) is 4.80. The molecule has 0 bridgehead atoms. The molecule has 13 heavy (non-hydrogen) atoms. The summed E-state index contributed by atoms with van der Waals surface area (Å²) in [6.07, 6.45) is 1.64. The molecule has 0 spiro atoms. The van der Waals surface area contributed by atoms with E-state index in [9.17, 15) is 0 Å². The van der Waals surface area contributed by atoms with Gasteiger partial charge in [-0.25, -0.2) is 0 Å². The summed E-state index contributed by atoms with van der Waals surface area (Å²) in [6, 6.07) is 0. The van der Waals surface area contributed by atoms with Crippen molar-refractivity contribution in [1.29, 1.82) is 0 Å². The summed E-state index contributed by atoms with van der Waals surface area (Å²) in [5, 5.41) is 0. The zero-order valence-electron chi connectivity index (χ0n) is 9.25. The largest absolute Gasteiger partial charge is 0.376 e. The van der Waals surface area contributed by atoms with Gasteiger partial charge in [0.05, 0.1) is 40.5 Å². The summed E-state index contributed by atoms with van der Waals surface area (Å²) in [4.78, 5) is 0. The van der Waals surface area contributed by atoms with E-state index in [0.717, 1.165) is 30.7 Å². The van der Waals surface area contributed by atoms with Gasteiger partial charge in [-0.1, -0.05) is 6.92 Å². The number of likely N-dealkylation sites (N-methyl/N-ethyl adjacent to an activating group) is 1. The number of hydrogen-bond acceptors (Lipinski definition) is 2. The molecular formula is C10H22NO2+. The Kier molecular flexibility index (Phi) is 3.71. The first kappa shape index (κ1) is 11.0. The number of rotatable bonds is 3. The van der Waals surface area contributed by atoms with Crippen molar-refractivity contribution in [2.45, 2.75) is 25.6 Å². The van der Waals surface area contributed by atoms with Crippen LogP contribution in [0.25, 0.3) is 0 Å². The van der Waals surface area contributed by atoms with Gasteiger partial charge in [-0.05, 0) is 6.42 Å². The van der Waals surface area contributed by atoms with Crippen LogP contribution in [0.2, 0.25) is 0 Å². The Hall–Kier alpha value is -0.120. The second-order valence-electron chi connectivity index (χ2n) is 4.80. The molecule has 1 aliphatic heterocycles.